The fraction of sp³-hybridized carbons (Fsp3) is 0.538. The highest BCUT2D eigenvalue weighted by Gasteiger charge is 2.25. The van der Waals surface area contributed by atoms with E-state index in [4.69, 9.17) is 10.3 Å². The normalized spacial score (nSPS) is 13.9. The second-order valence-corrected chi connectivity index (χ2v) is 6.91. The topological polar surface area (TPSA) is 64.9 Å². The van der Waals surface area contributed by atoms with Crippen LogP contribution in [-0.2, 0) is 18.6 Å². The summed E-state index contributed by atoms with van der Waals surface area (Å²) < 4.78 is 5.40. The number of hydrogen-bond donors (Lipinski definition) is 1. The molecule has 0 amide bonds. The molecule has 1 aliphatic carbocycles. The number of thiophene rings is 1. The van der Waals surface area contributed by atoms with E-state index in [0.29, 0.717) is 5.89 Å². The number of anilines is 1. The summed E-state index contributed by atoms with van der Waals surface area (Å²) in [5.74, 6) is 3.30. The lowest BCUT2D eigenvalue weighted by atomic mass is 10.1. The van der Waals surface area contributed by atoms with Crippen molar-refractivity contribution < 1.29 is 4.52 Å². The number of aryl methyl sites for hydroxylation is 1. The molecule has 0 radical (unpaired) electrons. The van der Waals surface area contributed by atoms with E-state index in [9.17, 15) is 0 Å². The van der Waals surface area contributed by atoms with Crippen LogP contribution < -0.4 is 5.73 Å². The molecule has 0 spiro atoms. The third kappa shape index (κ3) is 2.51. The average molecular weight is 295 g/mol. The van der Waals surface area contributed by atoms with Gasteiger partial charge in [0.05, 0.1) is 16.3 Å². The minimum absolute atomic E-state index is 0.601. The van der Waals surface area contributed by atoms with Crippen LogP contribution in [0.4, 0.5) is 5.00 Å². The molecule has 0 saturated heterocycles. The molecule has 6 heteroatoms. The van der Waals surface area contributed by atoms with E-state index >= 15 is 0 Å². The number of nitrogens with zero attached hydrogens (tertiary/aromatic N) is 2. The molecule has 2 aromatic heterocycles. The van der Waals surface area contributed by atoms with Gasteiger partial charge in [-0.1, -0.05) is 12.1 Å². The Kier molecular flexibility index (Phi) is 3.79. The smallest absolute Gasteiger partial charge is 0.261 e. The maximum atomic E-state index is 6.10. The van der Waals surface area contributed by atoms with Crippen LogP contribution in [0.25, 0.3) is 11.5 Å². The zero-order valence-electron chi connectivity index (χ0n) is 10.9. The lowest BCUT2D eigenvalue weighted by Gasteiger charge is -1.96. The van der Waals surface area contributed by atoms with Gasteiger partial charge in [-0.25, -0.2) is 0 Å². The summed E-state index contributed by atoms with van der Waals surface area (Å²) in [4.78, 5) is 5.89. The van der Waals surface area contributed by atoms with Crippen LogP contribution in [0.5, 0.6) is 0 Å². The van der Waals surface area contributed by atoms with Crippen LogP contribution in [0.3, 0.4) is 0 Å². The molecule has 102 valence electrons. The molecule has 0 fully saturated rings. The van der Waals surface area contributed by atoms with Crippen molar-refractivity contribution in [2.24, 2.45) is 0 Å². The minimum Gasteiger partial charge on any atom is -0.390 e. The Labute approximate surface area is 120 Å². The molecule has 1 aliphatic rings. The molecule has 0 saturated carbocycles. The van der Waals surface area contributed by atoms with Gasteiger partial charge in [0.15, 0.2) is 5.82 Å². The summed E-state index contributed by atoms with van der Waals surface area (Å²) in [5.41, 5.74) is 8.43. The van der Waals surface area contributed by atoms with Crippen molar-refractivity contribution in [2.75, 3.05) is 11.5 Å². The quantitative estimate of drug-likeness (QED) is 0.855. The molecule has 19 heavy (non-hydrogen) atoms. The van der Waals surface area contributed by atoms with E-state index in [1.165, 1.54) is 23.3 Å². The first-order valence-corrected chi connectivity index (χ1v) is 8.57. The van der Waals surface area contributed by atoms with Crippen LogP contribution in [0.2, 0.25) is 0 Å². The maximum Gasteiger partial charge on any atom is 0.261 e. The van der Waals surface area contributed by atoms with Crippen LogP contribution in [-0.4, -0.2) is 15.9 Å². The van der Waals surface area contributed by atoms with Gasteiger partial charge in [0.1, 0.15) is 0 Å². The summed E-state index contributed by atoms with van der Waals surface area (Å²) in [5, 5.41) is 4.87. The van der Waals surface area contributed by atoms with Gasteiger partial charge in [0, 0.05) is 4.88 Å². The molecular weight excluding hydrogens is 278 g/mol. The molecule has 4 nitrogen and oxygen atoms in total. The van der Waals surface area contributed by atoms with E-state index in [1.54, 1.807) is 11.3 Å². The Morgan fingerprint density at radius 1 is 1.42 bits per heavy atom. The molecule has 0 atom stereocenters. The predicted molar refractivity (Wildman–Crippen MR) is 80.5 cm³/mol. The van der Waals surface area contributed by atoms with Gasteiger partial charge in [-0.05, 0) is 37.0 Å². The van der Waals surface area contributed by atoms with E-state index in [-0.39, 0.29) is 0 Å². The first-order valence-electron chi connectivity index (χ1n) is 6.60. The second kappa shape index (κ2) is 5.54. The van der Waals surface area contributed by atoms with Crippen molar-refractivity contribution in [2.45, 2.75) is 38.4 Å². The monoisotopic (exact) mass is 295 g/mol. The molecule has 0 aliphatic heterocycles. The average Bonchev–Trinajstić information content (AvgIpc) is 3.05. The number of fused-ring (bicyclic) bond motifs is 1. The summed E-state index contributed by atoms with van der Waals surface area (Å²) in [7, 11) is 0. The van der Waals surface area contributed by atoms with Crippen molar-refractivity contribution in [3.8, 4) is 11.5 Å². The van der Waals surface area contributed by atoms with Crippen LogP contribution in [0.15, 0.2) is 4.52 Å². The van der Waals surface area contributed by atoms with E-state index < -0.39 is 0 Å². The van der Waals surface area contributed by atoms with Gasteiger partial charge in [-0.3, -0.25) is 0 Å². The zero-order valence-corrected chi connectivity index (χ0v) is 12.6. The van der Waals surface area contributed by atoms with Gasteiger partial charge in [-0.15, -0.1) is 11.3 Å². The third-order valence-corrected chi connectivity index (χ3v) is 5.49. The largest absolute Gasteiger partial charge is 0.390 e. The Morgan fingerprint density at radius 3 is 3.16 bits per heavy atom. The zero-order chi connectivity index (χ0) is 13.2. The van der Waals surface area contributed by atoms with Crippen molar-refractivity contribution >= 4 is 28.1 Å². The summed E-state index contributed by atoms with van der Waals surface area (Å²) in [6.45, 7) is 2.17. The lowest BCUT2D eigenvalue weighted by molar-refractivity contribution is 0.425. The Morgan fingerprint density at radius 2 is 2.32 bits per heavy atom. The highest BCUT2D eigenvalue weighted by atomic mass is 32.2. The number of thioether (sulfide) groups is 1. The van der Waals surface area contributed by atoms with Crippen molar-refractivity contribution in [1.29, 1.82) is 0 Å². The van der Waals surface area contributed by atoms with Gasteiger partial charge < -0.3 is 10.3 Å². The van der Waals surface area contributed by atoms with Gasteiger partial charge in [0.25, 0.3) is 5.89 Å². The number of nitrogens with two attached hydrogens (primary N) is 1. The molecule has 2 N–H and O–H groups in total. The standard InChI is InChI=1S/C13H17N3OS2/c1-2-6-18-7-10-15-13(17-16-10)11-8-4-3-5-9(8)19-12(11)14/h2-7,14H2,1H3. The summed E-state index contributed by atoms with van der Waals surface area (Å²) >= 11 is 3.51. The first-order chi connectivity index (χ1) is 9.29. The molecule has 0 aromatic carbocycles. The fourth-order valence-electron chi connectivity index (χ4n) is 2.38. The number of hydrogen-bond acceptors (Lipinski definition) is 6. The van der Waals surface area contributed by atoms with E-state index in [0.717, 1.165) is 40.7 Å². The Balaban J connectivity index is 1.83. The second-order valence-electron chi connectivity index (χ2n) is 4.66. The van der Waals surface area contributed by atoms with Crippen molar-refractivity contribution in [1.82, 2.24) is 10.1 Å². The van der Waals surface area contributed by atoms with Crippen LogP contribution in [0, 0.1) is 0 Å². The molecule has 0 bridgehead atoms. The summed E-state index contributed by atoms with van der Waals surface area (Å²) in [6, 6.07) is 0. The van der Waals surface area contributed by atoms with Gasteiger partial charge in [-0.2, -0.15) is 16.7 Å². The molecular formula is C13H17N3OS2. The predicted octanol–water partition coefficient (Wildman–Crippen LogP) is 3.51. The van der Waals surface area contributed by atoms with Crippen molar-refractivity contribution in [3.05, 3.63) is 16.3 Å². The van der Waals surface area contributed by atoms with Crippen molar-refractivity contribution in [3.63, 3.8) is 0 Å². The molecule has 2 heterocycles. The van der Waals surface area contributed by atoms with E-state index in [2.05, 4.69) is 17.1 Å². The van der Waals surface area contributed by atoms with E-state index in [1.807, 2.05) is 11.8 Å². The first kappa shape index (κ1) is 13.0. The van der Waals surface area contributed by atoms with Crippen LogP contribution in [0.1, 0.15) is 36.0 Å². The fourth-order valence-corrected chi connectivity index (χ4v) is 4.27. The highest BCUT2D eigenvalue weighted by Crippen LogP contribution is 2.42. The number of nitrogen functional groups attached to an aromatic ring is 1. The molecule has 0 unspecified atom stereocenters. The highest BCUT2D eigenvalue weighted by molar-refractivity contribution is 7.98. The van der Waals surface area contributed by atoms with Crippen LogP contribution >= 0.6 is 23.1 Å². The summed E-state index contributed by atoms with van der Waals surface area (Å²) in [6.07, 6.45) is 4.60. The van der Waals surface area contributed by atoms with Gasteiger partial charge in [0.2, 0.25) is 0 Å². The minimum atomic E-state index is 0.601. The maximum absolute atomic E-state index is 6.10. The number of rotatable bonds is 5. The SMILES string of the molecule is CCCSCc1noc(-c2c(N)sc3c2CCC3)n1. The van der Waals surface area contributed by atoms with Gasteiger partial charge >= 0.3 is 0 Å². The lowest BCUT2D eigenvalue weighted by Crippen LogP contribution is -1.89. The number of aromatic nitrogens is 2. The third-order valence-electron chi connectivity index (χ3n) is 3.21. The Bertz CT molecular complexity index is 576. The molecule has 2 aromatic rings. The molecule has 3 rings (SSSR count). The Hall–Kier alpha value is -1.01.